The van der Waals surface area contributed by atoms with E-state index in [9.17, 15) is 9.59 Å². The molecule has 5 rings (SSSR count). The fourth-order valence-corrected chi connectivity index (χ4v) is 5.21. The summed E-state index contributed by atoms with van der Waals surface area (Å²) >= 11 is 0. The van der Waals surface area contributed by atoms with Gasteiger partial charge in [-0.05, 0) is 43.9 Å². The molecule has 3 amide bonds. The molecule has 3 aliphatic rings. The van der Waals surface area contributed by atoms with Crippen LogP contribution in [0.15, 0.2) is 54.6 Å². The van der Waals surface area contributed by atoms with Crippen molar-refractivity contribution < 1.29 is 9.59 Å². The number of nitrogens with one attached hydrogen (secondary N) is 1. The van der Waals surface area contributed by atoms with Crippen LogP contribution in [0.1, 0.15) is 24.0 Å². The summed E-state index contributed by atoms with van der Waals surface area (Å²) in [6.45, 7) is 4.29. The molecule has 7 nitrogen and oxygen atoms in total. The summed E-state index contributed by atoms with van der Waals surface area (Å²) in [6, 6.07) is 18.1. The van der Waals surface area contributed by atoms with E-state index in [1.54, 1.807) is 11.9 Å². The first kappa shape index (κ1) is 21.0. The van der Waals surface area contributed by atoms with Gasteiger partial charge in [0, 0.05) is 32.4 Å². The Balaban J connectivity index is 1.33. The van der Waals surface area contributed by atoms with Crippen LogP contribution < -0.4 is 10.2 Å². The monoisotopic (exact) mass is 433 g/mol. The number of urea groups is 1. The molecule has 3 heterocycles. The number of likely N-dealkylation sites (N-methyl/N-ethyl adjacent to an activating group) is 1. The Labute approximate surface area is 189 Å². The number of carbonyl (C=O) groups is 2. The van der Waals surface area contributed by atoms with Crippen molar-refractivity contribution in [1.29, 1.82) is 0 Å². The van der Waals surface area contributed by atoms with Gasteiger partial charge in [0.15, 0.2) is 0 Å². The van der Waals surface area contributed by atoms with Crippen molar-refractivity contribution in [2.24, 2.45) is 0 Å². The van der Waals surface area contributed by atoms with E-state index in [4.69, 9.17) is 0 Å². The fourth-order valence-electron chi connectivity index (χ4n) is 5.21. The molecule has 3 atom stereocenters. The molecule has 0 spiro atoms. The lowest BCUT2D eigenvalue weighted by Crippen LogP contribution is -2.66. The lowest BCUT2D eigenvalue weighted by molar-refractivity contribution is -0.138. The Morgan fingerprint density at radius 3 is 2.50 bits per heavy atom. The number of benzene rings is 2. The maximum Gasteiger partial charge on any atom is 0.327 e. The summed E-state index contributed by atoms with van der Waals surface area (Å²) in [5, 5.41) is 3.58. The second-order valence-corrected chi connectivity index (χ2v) is 9.02. The lowest BCUT2D eigenvalue weighted by Gasteiger charge is -2.44. The first-order chi connectivity index (χ1) is 15.5. The van der Waals surface area contributed by atoms with Crippen molar-refractivity contribution in [2.45, 2.75) is 44.7 Å². The van der Waals surface area contributed by atoms with E-state index >= 15 is 0 Å². The number of hydrogen-bond acceptors (Lipinski definition) is 5. The van der Waals surface area contributed by atoms with Crippen LogP contribution >= 0.6 is 0 Å². The molecule has 168 valence electrons. The number of anilines is 1. The Hall–Kier alpha value is -2.90. The quantitative estimate of drug-likeness (QED) is 0.786. The van der Waals surface area contributed by atoms with E-state index in [0.29, 0.717) is 6.54 Å². The van der Waals surface area contributed by atoms with Gasteiger partial charge in [-0.3, -0.25) is 19.9 Å². The zero-order valence-corrected chi connectivity index (χ0v) is 18.8. The Kier molecular flexibility index (Phi) is 5.61. The molecule has 7 heteroatoms. The molecule has 3 unspecified atom stereocenters. The molecule has 3 fully saturated rings. The molecular weight excluding hydrogens is 402 g/mol. The highest BCUT2D eigenvalue weighted by atomic mass is 16.2. The largest absolute Gasteiger partial charge is 0.343 e. The number of aryl methyl sites for hydroxylation is 2. The number of carbonyl (C=O) groups excluding carboxylic acids is 2. The third-order valence-corrected chi connectivity index (χ3v) is 6.93. The van der Waals surface area contributed by atoms with Crippen LogP contribution in [0.4, 0.5) is 10.5 Å². The van der Waals surface area contributed by atoms with Crippen LogP contribution in [0.25, 0.3) is 0 Å². The molecule has 0 radical (unpaired) electrons. The normalized spacial score (nSPS) is 25.8. The van der Waals surface area contributed by atoms with E-state index in [0.717, 1.165) is 38.0 Å². The second kappa shape index (κ2) is 8.56. The summed E-state index contributed by atoms with van der Waals surface area (Å²) in [5.74, 6) is -0.0769. The predicted molar refractivity (Wildman–Crippen MR) is 124 cm³/mol. The molecular formula is C25H31N5O2. The van der Waals surface area contributed by atoms with Crippen molar-refractivity contribution in [1.82, 2.24) is 20.0 Å². The number of fused-ring (bicyclic) bond motifs is 3. The van der Waals surface area contributed by atoms with Crippen LogP contribution in [0.2, 0.25) is 0 Å². The number of hydrogen-bond donors (Lipinski definition) is 1. The van der Waals surface area contributed by atoms with E-state index in [-0.39, 0.29) is 30.4 Å². The maximum absolute atomic E-state index is 13.5. The summed E-state index contributed by atoms with van der Waals surface area (Å²) in [5.41, 5.74) is 3.59. The maximum atomic E-state index is 13.5. The number of nitrogens with zero attached hydrogens (tertiary/aromatic N) is 4. The van der Waals surface area contributed by atoms with Gasteiger partial charge in [0.2, 0.25) is 0 Å². The number of imide groups is 1. The van der Waals surface area contributed by atoms with Gasteiger partial charge in [-0.15, -0.1) is 0 Å². The van der Waals surface area contributed by atoms with E-state index in [2.05, 4.69) is 58.4 Å². The number of rotatable bonds is 5. The van der Waals surface area contributed by atoms with Crippen LogP contribution in [0.3, 0.4) is 0 Å². The SMILES string of the molecule is Cc1ccc(N2CCCN3C4C(=O)N(CCCc5ccccc5)C(=O)N(C)C4NC23)cc1. The van der Waals surface area contributed by atoms with Crippen molar-refractivity contribution in [3.05, 3.63) is 65.7 Å². The van der Waals surface area contributed by atoms with Gasteiger partial charge in [-0.25, -0.2) is 4.79 Å². The molecule has 0 aromatic heterocycles. The summed E-state index contributed by atoms with van der Waals surface area (Å²) in [7, 11) is 1.80. The molecule has 3 aliphatic heterocycles. The highest BCUT2D eigenvalue weighted by molar-refractivity contribution is 6.00. The Bertz CT molecular complexity index is 980. The topological polar surface area (TPSA) is 59.1 Å². The summed E-state index contributed by atoms with van der Waals surface area (Å²) in [4.78, 5) is 34.3. The van der Waals surface area contributed by atoms with Gasteiger partial charge in [-0.2, -0.15) is 0 Å². The molecule has 0 aliphatic carbocycles. The zero-order chi connectivity index (χ0) is 22.2. The molecule has 32 heavy (non-hydrogen) atoms. The van der Waals surface area contributed by atoms with E-state index < -0.39 is 0 Å². The molecule has 3 saturated heterocycles. The van der Waals surface area contributed by atoms with Crippen molar-refractivity contribution in [3.8, 4) is 0 Å². The minimum atomic E-state index is -0.354. The minimum Gasteiger partial charge on any atom is -0.343 e. The standard InChI is InChI=1S/C25H31N5O2/c1-18-11-13-20(14-12-18)28-16-7-17-29-21-22(26-24(28)29)27(2)25(32)30(23(21)31)15-6-10-19-8-4-3-5-9-19/h3-5,8-9,11-14,21-22,24,26H,6-7,10,15-17H2,1-2H3. The van der Waals surface area contributed by atoms with Gasteiger partial charge < -0.3 is 9.80 Å². The Morgan fingerprint density at radius 2 is 1.75 bits per heavy atom. The van der Waals surface area contributed by atoms with Crippen molar-refractivity contribution in [2.75, 3.05) is 31.6 Å². The predicted octanol–water partition coefficient (Wildman–Crippen LogP) is 2.62. The highest BCUT2D eigenvalue weighted by Crippen LogP contribution is 2.33. The molecule has 1 N–H and O–H groups in total. The fraction of sp³-hybridized carbons (Fsp3) is 0.440. The highest BCUT2D eigenvalue weighted by Gasteiger charge is 2.55. The van der Waals surface area contributed by atoms with E-state index in [1.165, 1.54) is 16.0 Å². The van der Waals surface area contributed by atoms with Gasteiger partial charge in [0.25, 0.3) is 5.91 Å². The first-order valence-electron chi connectivity index (χ1n) is 11.5. The smallest absolute Gasteiger partial charge is 0.327 e. The second-order valence-electron chi connectivity index (χ2n) is 9.02. The van der Waals surface area contributed by atoms with Gasteiger partial charge in [0.05, 0.1) is 0 Å². The summed E-state index contributed by atoms with van der Waals surface area (Å²) < 4.78 is 0. The van der Waals surface area contributed by atoms with Crippen LogP contribution in [-0.4, -0.2) is 71.8 Å². The van der Waals surface area contributed by atoms with Crippen LogP contribution in [0.5, 0.6) is 0 Å². The minimum absolute atomic E-state index is 0.0769. The third-order valence-electron chi connectivity index (χ3n) is 6.93. The third kappa shape index (κ3) is 3.65. The van der Waals surface area contributed by atoms with Crippen LogP contribution in [-0.2, 0) is 11.2 Å². The molecule has 0 bridgehead atoms. The number of amides is 3. The van der Waals surface area contributed by atoms with Gasteiger partial charge >= 0.3 is 6.03 Å². The van der Waals surface area contributed by atoms with Crippen molar-refractivity contribution in [3.63, 3.8) is 0 Å². The lowest BCUT2D eigenvalue weighted by atomic mass is 10.1. The molecule has 2 aromatic rings. The molecule has 0 saturated carbocycles. The average Bonchev–Trinajstić information content (AvgIpc) is 3.21. The van der Waals surface area contributed by atoms with Gasteiger partial charge in [-0.1, -0.05) is 48.0 Å². The Morgan fingerprint density at radius 1 is 1.00 bits per heavy atom. The average molecular weight is 434 g/mol. The first-order valence-corrected chi connectivity index (χ1v) is 11.5. The van der Waals surface area contributed by atoms with Crippen LogP contribution in [0, 0.1) is 6.92 Å². The van der Waals surface area contributed by atoms with Gasteiger partial charge in [0.1, 0.15) is 18.5 Å². The molecule has 2 aromatic carbocycles. The summed E-state index contributed by atoms with van der Waals surface area (Å²) in [6.07, 6.45) is 2.19. The van der Waals surface area contributed by atoms with Crippen molar-refractivity contribution >= 4 is 17.6 Å². The van der Waals surface area contributed by atoms with E-state index in [1.807, 2.05) is 18.2 Å². The zero-order valence-electron chi connectivity index (χ0n) is 18.8.